The molecule has 12 heavy (non-hydrogen) atoms. The molecule has 0 heterocycles. The quantitative estimate of drug-likeness (QED) is 0.564. The zero-order valence-corrected chi connectivity index (χ0v) is 8.47. The summed E-state index contributed by atoms with van der Waals surface area (Å²) in [5, 5.41) is 9.36. The van der Waals surface area contributed by atoms with E-state index in [4.69, 9.17) is 16.9 Å². The van der Waals surface area contributed by atoms with Crippen LogP contribution in [0.1, 0.15) is 20.8 Å². The summed E-state index contributed by atoms with van der Waals surface area (Å²) in [6.07, 6.45) is 5.53. The number of nitriles is 1. The summed E-state index contributed by atoms with van der Waals surface area (Å²) in [4.78, 5) is 0. The van der Waals surface area contributed by atoms with Gasteiger partial charge in [-0.3, -0.25) is 0 Å². The molecule has 1 aliphatic carbocycles. The van der Waals surface area contributed by atoms with Gasteiger partial charge in [0, 0.05) is 11.0 Å². The van der Waals surface area contributed by atoms with Crippen molar-refractivity contribution in [3.05, 3.63) is 23.3 Å². The summed E-state index contributed by atoms with van der Waals surface area (Å²) >= 11 is 5.80. The third-order valence-corrected chi connectivity index (χ3v) is 2.17. The van der Waals surface area contributed by atoms with Crippen LogP contribution in [0.4, 0.5) is 0 Å². The SMILES string of the molecule is CC.C[C@@H]1C(Cl)=CC=C[C@@H]1C#N. The molecule has 66 valence electrons. The van der Waals surface area contributed by atoms with Gasteiger partial charge in [-0.25, -0.2) is 0 Å². The third-order valence-electron chi connectivity index (χ3n) is 1.70. The molecular weight excluding hydrogens is 170 g/mol. The molecule has 1 aliphatic rings. The Morgan fingerprint density at radius 1 is 1.50 bits per heavy atom. The van der Waals surface area contributed by atoms with Crippen LogP contribution in [0.2, 0.25) is 0 Å². The standard InChI is InChI=1S/C8H8ClN.C2H6/c1-6-7(5-10)3-2-4-8(6)9;1-2/h2-4,6-7H,1H3;1-2H3/t6-,7+;/m0./s1. The molecule has 0 fully saturated rings. The molecule has 1 nitrogen and oxygen atoms in total. The Labute approximate surface area is 79.3 Å². The van der Waals surface area contributed by atoms with Gasteiger partial charge in [0.1, 0.15) is 0 Å². The van der Waals surface area contributed by atoms with E-state index in [9.17, 15) is 0 Å². The molecule has 0 N–H and O–H groups in total. The van der Waals surface area contributed by atoms with E-state index in [-0.39, 0.29) is 11.8 Å². The third kappa shape index (κ3) is 2.71. The maximum Gasteiger partial charge on any atom is 0.0721 e. The highest BCUT2D eigenvalue weighted by Crippen LogP contribution is 2.27. The maximum atomic E-state index is 8.59. The van der Waals surface area contributed by atoms with Crippen LogP contribution in [0.3, 0.4) is 0 Å². The number of hydrogen-bond acceptors (Lipinski definition) is 1. The molecule has 0 saturated heterocycles. The number of halogens is 1. The number of rotatable bonds is 0. The van der Waals surface area contributed by atoms with Gasteiger partial charge in [0.25, 0.3) is 0 Å². The summed E-state index contributed by atoms with van der Waals surface area (Å²) in [5.74, 6) is 0.120. The minimum atomic E-state index is -0.0440. The van der Waals surface area contributed by atoms with Gasteiger partial charge >= 0.3 is 0 Å². The molecule has 2 heteroatoms. The first-order chi connectivity index (χ1) is 5.75. The second-order valence-electron chi connectivity index (χ2n) is 2.38. The van der Waals surface area contributed by atoms with Crippen molar-refractivity contribution in [2.24, 2.45) is 11.8 Å². The second-order valence-corrected chi connectivity index (χ2v) is 2.82. The first-order valence-electron chi connectivity index (χ1n) is 4.19. The van der Waals surface area contributed by atoms with E-state index in [1.807, 2.05) is 39.0 Å². The van der Waals surface area contributed by atoms with E-state index in [1.165, 1.54) is 0 Å². The van der Waals surface area contributed by atoms with Crippen LogP contribution in [0, 0.1) is 23.2 Å². The molecule has 0 spiro atoms. The monoisotopic (exact) mass is 183 g/mol. The van der Waals surface area contributed by atoms with Crippen molar-refractivity contribution in [1.29, 1.82) is 5.26 Å². The molecule has 0 aromatic carbocycles. The largest absolute Gasteiger partial charge is 0.198 e. The molecule has 0 aromatic rings. The van der Waals surface area contributed by atoms with Gasteiger partial charge < -0.3 is 0 Å². The van der Waals surface area contributed by atoms with Gasteiger partial charge in [-0.2, -0.15) is 5.26 Å². The minimum Gasteiger partial charge on any atom is -0.198 e. The Morgan fingerprint density at radius 3 is 2.50 bits per heavy atom. The fourth-order valence-corrected chi connectivity index (χ4v) is 1.12. The molecule has 0 bridgehead atoms. The zero-order valence-electron chi connectivity index (χ0n) is 7.71. The van der Waals surface area contributed by atoms with E-state index in [2.05, 4.69) is 6.07 Å². The van der Waals surface area contributed by atoms with Crippen molar-refractivity contribution in [3.63, 3.8) is 0 Å². The molecule has 2 atom stereocenters. The molecule has 0 saturated carbocycles. The van der Waals surface area contributed by atoms with Crippen LogP contribution in [-0.2, 0) is 0 Å². The molecule has 0 radical (unpaired) electrons. The minimum absolute atomic E-state index is 0.0440. The number of allylic oxidation sites excluding steroid dienone is 4. The Morgan fingerprint density at radius 2 is 2.08 bits per heavy atom. The molecule has 0 unspecified atom stereocenters. The maximum absolute atomic E-state index is 8.59. The average molecular weight is 184 g/mol. The lowest BCUT2D eigenvalue weighted by Crippen LogP contribution is -2.09. The van der Waals surface area contributed by atoms with E-state index in [1.54, 1.807) is 0 Å². The van der Waals surface area contributed by atoms with E-state index in [0.29, 0.717) is 0 Å². The normalized spacial score (nSPS) is 26.4. The Kier molecular flexibility index (Phi) is 5.49. The Balaban J connectivity index is 0.000000561. The van der Waals surface area contributed by atoms with Crippen molar-refractivity contribution < 1.29 is 0 Å². The first kappa shape index (κ1) is 11.3. The fourth-order valence-electron chi connectivity index (χ4n) is 0.912. The van der Waals surface area contributed by atoms with Gasteiger partial charge in [0.05, 0.1) is 12.0 Å². The topological polar surface area (TPSA) is 23.8 Å². The van der Waals surface area contributed by atoms with Crippen LogP contribution >= 0.6 is 11.6 Å². The van der Waals surface area contributed by atoms with Gasteiger partial charge in [0.2, 0.25) is 0 Å². The van der Waals surface area contributed by atoms with E-state index < -0.39 is 0 Å². The first-order valence-corrected chi connectivity index (χ1v) is 4.57. The predicted octanol–water partition coefficient (Wildman–Crippen LogP) is 3.48. The van der Waals surface area contributed by atoms with Crippen LogP contribution in [0.15, 0.2) is 23.3 Å². The Hall–Kier alpha value is -0.740. The fraction of sp³-hybridized carbons (Fsp3) is 0.500. The van der Waals surface area contributed by atoms with Gasteiger partial charge in [-0.1, -0.05) is 44.5 Å². The van der Waals surface area contributed by atoms with Gasteiger partial charge in [-0.05, 0) is 6.08 Å². The van der Waals surface area contributed by atoms with E-state index >= 15 is 0 Å². The molecule has 0 aliphatic heterocycles. The van der Waals surface area contributed by atoms with Crippen LogP contribution in [0.25, 0.3) is 0 Å². The molecule has 0 amide bonds. The second kappa shape index (κ2) is 5.85. The summed E-state index contributed by atoms with van der Waals surface area (Å²) in [7, 11) is 0. The van der Waals surface area contributed by atoms with Crippen molar-refractivity contribution in [3.8, 4) is 6.07 Å². The van der Waals surface area contributed by atoms with Crippen LogP contribution < -0.4 is 0 Å². The summed E-state index contributed by atoms with van der Waals surface area (Å²) < 4.78 is 0. The highest BCUT2D eigenvalue weighted by Gasteiger charge is 2.18. The smallest absolute Gasteiger partial charge is 0.0721 e. The summed E-state index contributed by atoms with van der Waals surface area (Å²) in [6, 6.07) is 2.17. The Bertz CT molecular complexity index is 222. The lowest BCUT2D eigenvalue weighted by molar-refractivity contribution is 0.605. The van der Waals surface area contributed by atoms with Crippen molar-refractivity contribution in [2.75, 3.05) is 0 Å². The van der Waals surface area contributed by atoms with Gasteiger partial charge in [0.15, 0.2) is 0 Å². The molecule has 1 rings (SSSR count). The number of hydrogen-bond donors (Lipinski definition) is 0. The lowest BCUT2D eigenvalue weighted by atomic mass is 9.91. The predicted molar refractivity (Wildman–Crippen MR) is 52.7 cm³/mol. The number of nitrogens with zero attached hydrogens (tertiary/aromatic N) is 1. The highest BCUT2D eigenvalue weighted by molar-refractivity contribution is 6.30. The van der Waals surface area contributed by atoms with Gasteiger partial charge in [-0.15, -0.1) is 0 Å². The summed E-state index contributed by atoms with van der Waals surface area (Å²) in [6.45, 7) is 5.95. The van der Waals surface area contributed by atoms with Crippen molar-refractivity contribution in [2.45, 2.75) is 20.8 Å². The lowest BCUT2D eigenvalue weighted by Gasteiger charge is -2.15. The molecular formula is C10H14ClN. The molecule has 0 aromatic heterocycles. The average Bonchev–Trinajstić information content (AvgIpc) is 2.13. The van der Waals surface area contributed by atoms with Crippen molar-refractivity contribution in [1.82, 2.24) is 0 Å². The highest BCUT2D eigenvalue weighted by atomic mass is 35.5. The van der Waals surface area contributed by atoms with Crippen LogP contribution in [-0.4, -0.2) is 0 Å². The van der Waals surface area contributed by atoms with Crippen molar-refractivity contribution >= 4 is 11.6 Å². The zero-order chi connectivity index (χ0) is 9.56. The summed E-state index contributed by atoms with van der Waals surface area (Å²) in [5.41, 5.74) is 0. The van der Waals surface area contributed by atoms with E-state index in [0.717, 1.165) is 5.03 Å². The van der Waals surface area contributed by atoms with Crippen LogP contribution in [0.5, 0.6) is 0 Å².